The fourth-order valence-corrected chi connectivity index (χ4v) is 8.79. The Morgan fingerprint density at radius 2 is 0.939 bits per heavy atom. The van der Waals surface area contributed by atoms with Crippen molar-refractivity contribution in [3.05, 3.63) is 203 Å². The van der Waals surface area contributed by atoms with Gasteiger partial charge in [0, 0.05) is 33.8 Å². The van der Waals surface area contributed by atoms with Crippen LogP contribution in [0.15, 0.2) is 170 Å². The SMILES string of the molecule is CCn1c2ccccc2c2cc(-c3ccc4c(c3)C(C)(C)c3cc(C(c5ccccc5)(c5ccccc5)c5ccccc5)ccc3-4)ccc21. The highest BCUT2D eigenvalue weighted by Gasteiger charge is 2.41. The van der Waals surface area contributed by atoms with Crippen molar-refractivity contribution in [2.45, 2.75) is 38.1 Å². The van der Waals surface area contributed by atoms with Gasteiger partial charge in [0.2, 0.25) is 0 Å². The summed E-state index contributed by atoms with van der Waals surface area (Å²) in [4.78, 5) is 0. The van der Waals surface area contributed by atoms with Crippen LogP contribution in [0.3, 0.4) is 0 Å². The summed E-state index contributed by atoms with van der Waals surface area (Å²) in [5.74, 6) is 0. The van der Waals surface area contributed by atoms with Crippen LogP contribution in [0.2, 0.25) is 0 Å². The van der Waals surface area contributed by atoms with Crippen molar-refractivity contribution in [2.24, 2.45) is 0 Å². The van der Waals surface area contributed by atoms with Crippen molar-refractivity contribution >= 4 is 21.8 Å². The number of fused-ring (bicyclic) bond motifs is 6. The highest BCUT2D eigenvalue weighted by Crippen LogP contribution is 2.53. The van der Waals surface area contributed by atoms with Crippen LogP contribution in [0.5, 0.6) is 0 Å². The van der Waals surface area contributed by atoms with E-state index >= 15 is 0 Å². The monoisotopic (exact) mass is 629 g/mol. The zero-order valence-corrected chi connectivity index (χ0v) is 28.3. The van der Waals surface area contributed by atoms with Gasteiger partial charge in [0.1, 0.15) is 0 Å². The Morgan fingerprint density at radius 3 is 1.55 bits per heavy atom. The molecular formula is C48H39N. The van der Waals surface area contributed by atoms with Crippen LogP contribution in [0.1, 0.15) is 54.2 Å². The molecular weight excluding hydrogens is 591 g/mol. The minimum atomic E-state index is -0.470. The summed E-state index contributed by atoms with van der Waals surface area (Å²) in [6.07, 6.45) is 0. The van der Waals surface area contributed by atoms with E-state index in [1.165, 1.54) is 77.4 Å². The van der Waals surface area contributed by atoms with Crippen LogP contribution in [0.4, 0.5) is 0 Å². The van der Waals surface area contributed by atoms with Gasteiger partial charge in [-0.2, -0.15) is 0 Å². The molecule has 0 fully saturated rings. The van der Waals surface area contributed by atoms with Crippen LogP contribution in [0, 0.1) is 0 Å². The molecule has 1 aliphatic rings. The van der Waals surface area contributed by atoms with Crippen molar-refractivity contribution in [1.82, 2.24) is 4.57 Å². The first-order valence-electron chi connectivity index (χ1n) is 17.5. The van der Waals surface area contributed by atoms with Crippen LogP contribution >= 0.6 is 0 Å². The van der Waals surface area contributed by atoms with Gasteiger partial charge >= 0.3 is 0 Å². The van der Waals surface area contributed by atoms with Crippen LogP contribution < -0.4 is 0 Å². The van der Waals surface area contributed by atoms with E-state index < -0.39 is 5.41 Å². The van der Waals surface area contributed by atoms with Gasteiger partial charge in [0.15, 0.2) is 0 Å². The third-order valence-electron chi connectivity index (χ3n) is 11.2. The largest absolute Gasteiger partial charge is 0.341 e. The van der Waals surface area contributed by atoms with Gasteiger partial charge in [-0.1, -0.05) is 159 Å². The molecule has 0 spiro atoms. The molecule has 0 aliphatic heterocycles. The zero-order valence-electron chi connectivity index (χ0n) is 28.3. The Labute approximate surface area is 289 Å². The highest BCUT2D eigenvalue weighted by molar-refractivity contribution is 6.09. The van der Waals surface area contributed by atoms with Gasteiger partial charge in [-0.15, -0.1) is 0 Å². The number of nitrogens with zero attached hydrogens (tertiary/aromatic N) is 1. The maximum absolute atomic E-state index is 2.51. The summed E-state index contributed by atoms with van der Waals surface area (Å²) >= 11 is 0. The van der Waals surface area contributed by atoms with Gasteiger partial charge in [0.05, 0.1) is 5.41 Å². The number of aryl methyl sites for hydroxylation is 1. The molecule has 7 aromatic carbocycles. The standard InChI is InChI=1S/C48H39N/c1-4-49-45-23-15-14-22-41(45)42-30-33(25-29-46(42)49)34-24-27-39-40-28-26-38(32-44(40)47(2,3)43(39)31-34)48(35-16-8-5-9-17-35,36-18-10-6-11-19-36)37-20-12-7-13-21-37/h5-32H,4H2,1-3H3. The van der Waals surface area contributed by atoms with E-state index in [1.54, 1.807) is 0 Å². The van der Waals surface area contributed by atoms with Gasteiger partial charge in [-0.25, -0.2) is 0 Å². The fraction of sp³-hybridized carbons (Fsp3) is 0.125. The molecule has 9 rings (SSSR count). The maximum Gasteiger partial charge on any atom is 0.0701 e. The zero-order chi connectivity index (χ0) is 33.2. The number of rotatable bonds is 6. The second kappa shape index (κ2) is 11.2. The number of hydrogen-bond donors (Lipinski definition) is 0. The summed E-state index contributed by atoms with van der Waals surface area (Å²) in [5, 5.41) is 2.64. The molecule has 0 saturated heterocycles. The molecule has 1 heterocycles. The summed E-state index contributed by atoms with van der Waals surface area (Å²) in [7, 11) is 0. The van der Waals surface area contributed by atoms with E-state index in [9.17, 15) is 0 Å². The van der Waals surface area contributed by atoms with Gasteiger partial charge in [-0.05, 0) is 86.8 Å². The molecule has 1 aromatic heterocycles. The van der Waals surface area contributed by atoms with Gasteiger partial charge in [-0.3, -0.25) is 0 Å². The smallest absolute Gasteiger partial charge is 0.0701 e. The molecule has 0 atom stereocenters. The first kappa shape index (κ1) is 29.5. The molecule has 8 aromatic rings. The number of hydrogen-bond acceptors (Lipinski definition) is 0. The normalized spacial score (nSPS) is 13.4. The van der Waals surface area contributed by atoms with E-state index in [4.69, 9.17) is 0 Å². The van der Waals surface area contributed by atoms with E-state index in [2.05, 4.69) is 195 Å². The first-order valence-corrected chi connectivity index (χ1v) is 17.5. The Bertz CT molecular complexity index is 2390. The van der Waals surface area contributed by atoms with Crippen LogP contribution in [-0.4, -0.2) is 4.57 Å². The van der Waals surface area contributed by atoms with Crippen molar-refractivity contribution in [3.8, 4) is 22.3 Å². The van der Waals surface area contributed by atoms with E-state index in [0.717, 1.165) is 6.54 Å². The van der Waals surface area contributed by atoms with E-state index in [1.807, 2.05) is 0 Å². The van der Waals surface area contributed by atoms with Crippen LogP contribution in [0.25, 0.3) is 44.1 Å². The first-order chi connectivity index (χ1) is 24.0. The Hall–Kier alpha value is -5.66. The predicted octanol–water partition coefficient (Wildman–Crippen LogP) is 12.2. The topological polar surface area (TPSA) is 4.93 Å². The predicted molar refractivity (Wildman–Crippen MR) is 206 cm³/mol. The Kier molecular flexibility index (Phi) is 6.74. The van der Waals surface area contributed by atoms with Crippen molar-refractivity contribution < 1.29 is 0 Å². The second-order valence-corrected chi connectivity index (χ2v) is 14.0. The molecule has 0 N–H and O–H groups in total. The Balaban J connectivity index is 1.21. The lowest BCUT2D eigenvalue weighted by atomic mass is 9.64. The molecule has 1 nitrogen and oxygen atoms in total. The average Bonchev–Trinajstić information content (AvgIpc) is 3.60. The quantitative estimate of drug-likeness (QED) is 0.161. The minimum Gasteiger partial charge on any atom is -0.341 e. The number of para-hydroxylation sites is 1. The van der Waals surface area contributed by atoms with Gasteiger partial charge in [0.25, 0.3) is 0 Å². The summed E-state index contributed by atoms with van der Waals surface area (Å²) in [6, 6.07) is 63.3. The summed E-state index contributed by atoms with van der Waals surface area (Å²) in [5.41, 5.74) is 15.0. The molecule has 0 radical (unpaired) electrons. The van der Waals surface area contributed by atoms with Gasteiger partial charge < -0.3 is 4.57 Å². The molecule has 49 heavy (non-hydrogen) atoms. The van der Waals surface area contributed by atoms with E-state index in [-0.39, 0.29) is 5.41 Å². The lowest BCUT2D eigenvalue weighted by Crippen LogP contribution is -2.31. The lowest BCUT2D eigenvalue weighted by Gasteiger charge is -2.37. The number of benzene rings is 7. The number of aromatic nitrogens is 1. The summed E-state index contributed by atoms with van der Waals surface area (Å²) in [6.45, 7) is 7.99. The third kappa shape index (κ3) is 4.32. The van der Waals surface area contributed by atoms with Crippen molar-refractivity contribution in [3.63, 3.8) is 0 Å². The molecule has 1 aliphatic carbocycles. The molecule has 0 saturated carbocycles. The molecule has 0 amide bonds. The molecule has 0 bridgehead atoms. The fourth-order valence-electron chi connectivity index (χ4n) is 8.79. The highest BCUT2D eigenvalue weighted by atomic mass is 15.0. The minimum absolute atomic E-state index is 0.172. The second-order valence-electron chi connectivity index (χ2n) is 14.0. The maximum atomic E-state index is 2.51. The molecule has 0 unspecified atom stereocenters. The third-order valence-corrected chi connectivity index (χ3v) is 11.2. The lowest BCUT2D eigenvalue weighted by molar-refractivity contribution is 0.655. The molecule has 236 valence electrons. The molecule has 1 heteroatoms. The Morgan fingerprint density at radius 1 is 0.449 bits per heavy atom. The van der Waals surface area contributed by atoms with Crippen molar-refractivity contribution in [1.29, 1.82) is 0 Å². The van der Waals surface area contributed by atoms with Crippen molar-refractivity contribution in [2.75, 3.05) is 0 Å². The van der Waals surface area contributed by atoms with E-state index in [0.29, 0.717) is 0 Å². The summed E-state index contributed by atoms with van der Waals surface area (Å²) < 4.78 is 2.43. The van der Waals surface area contributed by atoms with Crippen LogP contribution in [-0.2, 0) is 17.4 Å². The average molecular weight is 630 g/mol.